The van der Waals surface area contributed by atoms with Crippen molar-refractivity contribution in [2.45, 2.75) is 0 Å². The summed E-state index contributed by atoms with van der Waals surface area (Å²) in [6.45, 7) is 0. The Morgan fingerprint density at radius 1 is 1.18 bits per heavy atom. The third kappa shape index (κ3) is 2.78. The minimum atomic E-state index is -1.38. The first-order valence-electron chi connectivity index (χ1n) is 7.82. The number of benzene rings is 1. The van der Waals surface area contributed by atoms with E-state index in [1.807, 2.05) is 6.07 Å². The molecule has 3 heterocycles. The first kappa shape index (κ1) is 17.7. The molecule has 0 bridgehead atoms. The lowest BCUT2D eigenvalue weighted by Crippen LogP contribution is -2.05. The second kappa shape index (κ2) is 6.79. The van der Waals surface area contributed by atoms with Gasteiger partial charge in [0.25, 0.3) is 0 Å². The number of hydrogen-bond acceptors (Lipinski definition) is 5. The van der Waals surface area contributed by atoms with Crippen LogP contribution in [0.3, 0.4) is 0 Å². The molecule has 1 N–H and O–H groups in total. The standard InChI is InChI=1S/C18H9F2N5O2S/c19-12-4-1-10(2-5-12)16-15(17(18(26)27)25(23-16)28-20)11-3-6-14-22-8-13(7-21)24(14)9-11/h1-6,8-9H,(H,26,27). The molecule has 4 rings (SSSR count). The molecule has 0 atom stereocenters. The van der Waals surface area contributed by atoms with Crippen LogP contribution in [0, 0.1) is 17.1 Å². The molecule has 1 aromatic carbocycles. The highest BCUT2D eigenvalue weighted by molar-refractivity contribution is 7.92. The van der Waals surface area contributed by atoms with Crippen molar-refractivity contribution in [2.24, 2.45) is 0 Å². The molecule has 0 fully saturated rings. The molecular formula is C18H9F2N5O2S. The highest BCUT2D eigenvalue weighted by atomic mass is 32.2. The van der Waals surface area contributed by atoms with E-state index < -0.39 is 11.8 Å². The Kier molecular flexibility index (Phi) is 4.29. The third-order valence-corrected chi connectivity index (χ3v) is 4.55. The van der Waals surface area contributed by atoms with Crippen LogP contribution in [0.15, 0.2) is 48.8 Å². The highest BCUT2D eigenvalue weighted by Crippen LogP contribution is 2.36. The van der Waals surface area contributed by atoms with Crippen LogP contribution in [0.1, 0.15) is 16.2 Å². The van der Waals surface area contributed by atoms with Gasteiger partial charge in [-0.1, -0.05) is 0 Å². The van der Waals surface area contributed by atoms with Gasteiger partial charge < -0.3 is 5.11 Å². The number of nitrogens with zero attached hydrogens (tertiary/aromatic N) is 5. The number of aromatic carboxylic acids is 1. The molecule has 138 valence electrons. The summed E-state index contributed by atoms with van der Waals surface area (Å²) in [6, 6.07) is 10.5. The summed E-state index contributed by atoms with van der Waals surface area (Å²) in [4.78, 5) is 15.9. The fraction of sp³-hybridized carbons (Fsp3) is 0. The number of hydrogen-bond donors (Lipinski definition) is 1. The average Bonchev–Trinajstić information content (AvgIpc) is 3.29. The van der Waals surface area contributed by atoms with Crippen LogP contribution in [0.5, 0.6) is 0 Å². The van der Waals surface area contributed by atoms with Gasteiger partial charge in [0.2, 0.25) is 0 Å². The number of carboxylic acid groups (broad SMARTS) is 1. The Hall–Kier alpha value is -3.71. The van der Waals surface area contributed by atoms with Gasteiger partial charge in [0, 0.05) is 22.9 Å². The van der Waals surface area contributed by atoms with Crippen molar-refractivity contribution in [2.75, 3.05) is 0 Å². The molecule has 28 heavy (non-hydrogen) atoms. The molecule has 0 aliphatic rings. The Bertz CT molecular complexity index is 1260. The Morgan fingerprint density at radius 3 is 2.54 bits per heavy atom. The summed E-state index contributed by atoms with van der Waals surface area (Å²) >= 11 is -0.357. The maximum atomic E-state index is 13.4. The number of aromatic nitrogens is 4. The summed E-state index contributed by atoms with van der Waals surface area (Å²) in [6.07, 6.45) is 2.92. The van der Waals surface area contributed by atoms with Crippen LogP contribution in [0.2, 0.25) is 0 Å². The number of rotatable bonds is 4. The minimum absolute atomic E-state index is 0.142. The quantitative estimate of drug-likeness (QED) is 0.560. The average molecular weight is 397 g/mol. The third-order valence-electron chi connectivity index (χ3n) is 4.15. The Balaban J connectivity index is 2.04. The van der Waals surface area contributed by atoms with E-state index in [9.17, 15) is 23.4 Å². The lowest BCUT2D eigenvalue weighted by atomic mass is 10.00. The lowest BCUT2D eigenvalue weighted by Gasteiger charge is -2.06. The smallest absolute Gasteiger partial charge is 0.356 e. The number of fused-ring (bicyclic) bond motifs is 1. The number of imidazole rings is 1. The van der Waals surface area contributed by atoms with Crippen LogP contribution < -0.4 is 0 Å². The van der Waals surface area contributed by atoms with Gasteiger partial charge in [-0.2, -0.15) is 14.4 Å². The van der Waals surface area contributed by atoms with E-state index in [0.29, 0.717) is 20.9 Å². The highest BCUT2D eigenvalue weighted by Gasteiger charge is 2.26. The van der Waals surface area contributed by atoms with Gasteiger partial charge in [-0.15, -0.1) is 3.89 Å². The second-order valence-electron chi connectivity index (χ2n) is 5.73. The zero-order chi connectivity index (χ0) is 19.8. The summed E-state index contributed by atoms with van der Waals surface area (Å²) in [7, 11) is 0. The normalized spacial score (nSPS) is 10.9. The SMILES string of the molecule is N#Cc1cnc2ccc(-c3c(-c4ccc(F)cc4)nn(SF)c3C(=O)O)cn12. The number of nitriles is 1. The number of carbonyl (C=O) groups is 1. The van der Waals surface area contributed by atoms with E-state index >= 15 is 0 Å². The molecule has 0 amide bonds. The monoisotopic (exact) mass is 397 g/mol. The maximum Gasteiger partial charge on any atom is 0.356 e. The second-order valence-corrected chi connectivity index (χ2v) is 6.21. The van der Waals surface area contributed by atoms with Gasteiger partial charge in [-0.25, -0.2) is 14.2 Å². The summed E-state index contributed by atoms with van der Waals surface area (Å²) in [5.74, 6) is -1.85. The van der Waals surface area contributed by atoms with Gasteiger partial charge in [-0.3, -0.25) is 4.40 Å². The fourth-order valence-electron chi connectivity index (χ4n) is 2.93. The van der Waals surface area contributed by atoms with Crippen molar-refractivity contribution in [3.05, 3.63) is 66.0 Å². The molecule has 0 unspecified atom stereocenters. The summed E-state index contributed by atoms with van der Waals surface area (Å²) in [5.41, 5.74) is 1.48. The molecule has 3 aromatic heterocycles. The molecule has 0 spiro atoms. The zero-order valence-corrected chi connectivity index (χ0v) is 14.7. The molecule has 0 aliphatic carbocycles. The zero-order valence-electron chi connectivity index (χ0n) is 13.9. The van der Waals surface area contributed by atoms with Crippen molar-refractivity contribution < 1.29 is 18.2 Å². The van der Waals surface area contributed by atoms with Crippen LogP contribution in [-0.4, -0.2) is 29.6 Å². The van der Waals surface area contributed by atoms with Crippen molar-refractivity contribution in [3.8, 4) is 28.5 Å². The van der Waals surface area contributed by atoms with Gasteiger partial charge in [0.15, 0.2) is 18.0 Å². The van der Waals surface area contributed by atoms with Crippen LogP contribution in [0.25, 0.3) is 28.0 Å². The Labute approximate surface area is 160 Å². The van der Waals surface area contributed by atoms with Crippen LogP contribution >= 0.6 is 12.3 Å². The molecule has 10 heteroatoms. The predicted molar refractivity (Wildman–Crippen MR) is 97.6 cm³/mol. The van der Waals surface area contributed by atoms with Crippen LogP contribution in [-0.2, 0) is 0 Å². The number of carboxylic acids is 1. The molecule has 7 nitrogen and oxygen atoms in total. The largest absolute Gasteiger partial charge is 0.476 e. The van der Waals surface area contributed by atoms with Gasteiger partial charge >= 0.3 is 5.97 Å². The molecule has 0 aliphatic heterocycles. The van der Waals surface area contributed by atoms with Crippen molar-refractivity contribution >= 4 is 24.0 Å². The fourth-order valence-corrected chi connectivity index (χ4v) is 3.28. The number of pyridine rings is 1. The number of halogens is 2. The van der Waals surface area contributed by atoms with Crippen molar-refractivity contribution in [1.82, 2.24) is 18.6 Å². The molecule has 4 aromatic rings. The van der Waals surface area contributed by atoms with Gasteiger partial charge in [-0.05, 0) is 36.4 Å². The first-order valence-corrected chi connectivity index (χ1v) is 8.49. The molecule has 0 saturated carbocycles. The minimum Gasteiger partial charge on any atom is -0.476 e. The van der Waals surface area contributed by atoms with E-state index in [4.69, 9.17) is 0 Å². The maximum absolute atomic E-state index is 13.4. The van der Waals surface area contributed by atoms with Crippen molar-refractivity contribution in [1.29, 1.82) is 5.26 Å². The Morgan fingerprint density at radius 2 is 1.89 bits per heavy atom. The lowest BCUT2D eigenvalue weighted by molar-refractivity contribution is 0.0689. The van der Waals surface area contributed by atoms with Crippen molar-refractivity contribution in [3.63, 3.8) is 0 Å². The van der Waals surface area contributed by atoms with E-state index in [1.165, 1.54) is 41.1 Å². The van der Waals surface area contributed by atoms with Gasteiger partial charge in [0.1, 0.15) is 28.9 Å². The summed E-state index contributed by atoms with van der Waals surface area (Å²) < 4.78 is 28.8. The van der Waals surface area contributed by atoms with E-state index in [0.717, 1.165) is 0 Å². The van der Waals surface area contributed by atoms with E-state index in [-0.39, 0.29) is 35.0 Å². The van der Waals surface area contributed by atoms with E-state index in [2.05, 4.69) is 10.1 Å². The van der Waals surface area contributed by atoms with Gasteiger partial charge in [0.05, 0.1) is 6.20 Å². The first-order chi connectivity index (χ1) is 13.5. The molecule has 0 radical (unpaired) electrons. The summed E-state index contributed by atoms with van der Waals surface area (Å²) in [5, 5.41) is 22.9. The topological polar surface area (TPSA) is 96.2 Å². The molecular weight excluding hydrogens is 388 g/mol. The predicted octanol–water partition coefficient (Wildman–Crippen LogP) is 3.95. The van der Waals surface area contributed by atoms with Crippen LogP contribution in [0.4, 0.5) is 8.28 Å². The van der Waals surface area contributed by atoms with E-state index in [1.54, 1.807) is 12.1 Å². The molecule has 0 saturated heterocycles.